The summed E-state index contributed by atoms with van der Waals surface area (Å²) in [6, 6.07) is 8.20. The van der Waals surface area contributed by atoms with Gasteiger partial charge < -0.3 is 9.64 Å². The van der Waals surface area contributed by atoms with Gasteiger partial charge in [-0.25, -0.2) is 9.67 Å². The summed E-state index contributed by atoms with van der Waals surface area (Å²) in [5.41, 5.74) is 2.20. The lowest BCUT2D eigenvalue weighted by Gasteiger charge is -2.35. The topological polar surface area (TPSA) is 63.5 Å². The van der Waals surface area contributed by atoms with Crippen LogP contribution in [0, 0.1) is 12.8 Å². The van der Waals surface area contributed by atoms with E-state index in [0.29, 0.717) is 17.7 Å². The van der Waals surface area contributed by atoms with Crippen LogP contribution in [0.1, 0.15) is 54.6 Å². The van der Waals surface area contributed by atoms with Crippen molar-refractivity contribution in [2.24, 2.45) is 5.92 Å². The second-order valence-corrected chi connectivity index (χ2v) is 8.76. The van der Waals surface area contributed by atoms with Gasteiger partial charge in [-0.3, -0.25) is 9.69 Å². The lowest BCUT2D eigenvalue weighted by molar-refractivity contribution is 0.0242. The highest BCUT2D eigenvalue weighted by Gasteiger charge is 2.28. The van der Waals surface area contributed by atoms with Crippen molar-refractivity contribution < 1.29 is 9.53 Å². The number of hydrogen-bond donors (Lipinski definition) is 0. The van der Waals surface area contributed by atoms with Crippen LogP contribution in [0.3, 0.4) is 0 Å². The van der Waals surface area contributed by atoms with Gasteiger partial charge in [-0.2, -0.15) is 0 Å². The van der Waals surface area contributed by atoms with Crippen molar-refractivity contribution in [3.63, 3.8) is 0 Å². The smallest absolute Gasteiger partial charge is 0.293 e. The van der Waals surface area contributed by atoms with Gasteiger partial charge in [0.25, 0.3) is 5.91 Å². The Hall–Kier alpha value is -2.25. The summed E-state index contributed by atoms with van der Waals surface area (Å²) in [5, 5.41) is 4.60. The minimum absolute atomic E-state index is 0.0521. The number of hydrogen-bond acceptors (Lipinski definition) is 5. The molecule has 30 heavy (non-hydrogen) atoms. The first-order valence-corrected chi connectivity index (χ1v) is 11.1. The van der Waals surface area contributed by atoms with E-state index in [9.17, 15) is 4.79 Å². The molecular formula is C23H33N5O2. The van der Waals surface area contributed by atoms with Crippen molar-refractivity contribution in [1.82, 2.24) is 24.6 Å². The SMILES string of the molecule is Cc1nc(C(=O)N2CCC(CN3CCOCC3)CC2)nn1-c1ccccc1C(C)C. The van der Waals surface area contributed by atoms with Crippen molar-refractivity contribution in [1.29, 1.82) is 0 Å². The molecule has 2 aromatic rings. The molecule has 2 aliphatic heterocycles. The number of aromatic nitrogens is 3. The summed E-state index contributed by atoms with van der Waals surface area (Å²) < 4.78 is 7.25. The van der Waals surface area contributed by atoms with E-state index in [1.165, 1.54) is 5.56 Å². The van der Waals surface area contributed by atoms with E-state index in [2.05, 4.69) is 34.9 Å². The quantitative estimate of drug-likeness (QED) is 0.757. The van der Waals surface area contributed by atoms with Crippen molar-refractivity contribution in [3.8, 4) is 5.69 Å². The molecule has 0 atom stereocenters. The maximum absolute atomic E-state index is 13.1. The van der Waals surface area contributed by atoms with Gasteiger partial charge >= 0.3 is 0 Å². The van der Waals surface area contributed by atoms with E-state index in [1.807, 2.05) is 34.7 Å². The van der Waals surface area contributed by atoms with E-state index in [-0.39, 0.29) is 5.91 Å². The number of likely N-dealkylation sites (tertiary alicyclic amines) is 1. The highest BCUT2D eigenvalue weighted by molar-refractivity contribution is 5.90. The number of para-hydroxylation sites is 1. The summed E-state index contributed by atoms with van der Waals surface area (Å²) in [6.45, 7) is 12.6. The van der Waals surface area contributed by atoms with Crippen molar-refractivity contribution >= 4 is 5.91 Å². The zero-order valence-electron chi connectivity index (χ0n) is 18.4. The first-order chi connectivity index (χ1) is 14.5. The molecule has 2 saturated heterocycles. The number of carbonyl (C=O) groups is 1. The third kappa shape index (κ3) is 4.57. The molecule has 2 fully saturated rings. The fourth-order valence-corrected chi connectivity index (χ4v) is 4.49. The third-order valence-electron chi connectivity index (χ3n) is 6.27. The number of nitrogens with zero attached hydrogens (tertiary/aromatic N) is 5. The molecule has 1 aromatic heterocycles. The predicted molar refractivity (Wildman–Crippen MR) is 116 cm³/mol. The Kier molecular flexibility index (Phi) is 6.49. The molecule has 162 valence electrons. The number of rotatable bonds is 5. The molecular weight excluding hydrogens is 378 g/mol. The third-order valence-corrected chi connectivity index (χ3v) is 6.27. The largest absolute Gasteiger partial charge is 0.379 e. The molecule has 0 unspecified atom stereocenters. The first kappa shape index (κ1) is 21.0. The highest BCUT2D eigenvalue weighted by Crippen LogP contribution is 2.24. The fourth-order valence-electron chi connectivity index (χ4n) is 4.49. The van der Waals surface area contributed by atoms with E-state index in [1.54, 1.807) is 0 Å². The maximum Gasteiger partial charge on any atom is 0.293 e. The fraction of sp³-hybridized carbons (Fsp3) is 0.609. The monoisotopic (exact) mass is 411 g/mol. The van der Waals surface area contributed by atoms with Crippen LogP contribution in [0.4, 0.5) is 0 Å². The van der Waals surface area contributed by atoms with Crippen molar-refractivity contribution in [2.75, 3.05) is 45.9 Å². The Morgan fingerprint density at radius 1 is 1.13 bits per heavy atom. The summed E-state index contributed by atoms with van der Waals surface area (Å²) in [4.78, 5) is 22.0. The second kappa shape index (κ2) is 9.27. The molecule has 1 aromatic carbocycles. The highest BCUT2D eigenvalue weighted by atomic mass is 16.5. The molecule has 1 amide bonds. The molecule has 0 aliphatic carbocycles. The molecule has 4 rings (SSSR count). The molecule has 2 aliphatic rings. The van der Waals surface area contributed by atoms with Crippen LogP contribution in [0.25, 0.3) is 5.69 Å². The zero-order valence-corrected chi connectivity index (χ0v) is 18.4. The van der Waals surface area contributed by atoms with Gasteiger partial charge in [0.1, 0.15) is 5.82 Å². The van der Waals surface area contributed by atoms with Gasteiger partial charge in [0.2, 0.25) is 5.82 Å². The Labute approximate surface area is 179 Å². The number of ether oxygens (including phenoxy) is 1. The summed E-state index contributed by atoms with van der Waals surface area (Å²) in [5.74, 6) is 2.02. The Morgan fingerprint density at radius 3 is 2.53 bits per heavy atom. The van der Waals surface area contributed by atoms with E-state index in [4.69, 9.17) is 4.74 Å². The molecule has 0 spiro atoms. The average Bonchev–Trinajstić information content (AvgIpc) is 3.16. The van der Waals surface area contributed by atoms with Crippen LogP contribution in [0.2, 0.25) is 0 Å². The maximum atomic E-state index is 13.1. The van der Waals surface area contributed by atoms with Gasteiger partial charge in [-0.1, -0.05) is 32.0 Å². The van der Waals surface area contributed by atoms with E-state index >= 15 is 0 Å². The molecule has 7 heteroatoms. The summed E-state index contributed by atoms with van der Waals surface area (Å²) in [6.07, 6.45) is 2.08. The lowest BCUT2D eigenvalue weighted by Crippen LogP contribution is -2.44. The van der Waals surface area contributed by atoms with Crippen LogP contribution in [-0.4, -0.2) is 76.4 Å². The Balaban J connectivity index is 1.41. The summed E-state index contributed by atoms with van der Waals surface area (Å²) in [7, 11) is 0. The molecule has 7 nitrogen and oxygen atoms in total. The number of benzene rings is 1. The number of aryl methyl sites for hydroxylation is 1. The molecule has 0 N–H and O–H groups in total. The van der Waals surface area contributed by atoms with Crippen LogP contribution in [0.15, 0.2) is 24.3 Å². The number of piperidine rings is 1. The van der Waals surface area contributed by atoms with Crippen LogP contribution in [-0.2, 0) is 4.74 Å². The summed E-state index contributed by atoms with van der Waals surface area (Å²) >= 11 is 0. The first-order valence-electron chi connectivity index (χ1n) is 11.1. The number of morpholine rings is 1. The molecule has 0 bridgehead atoms. The van der Waals surface area contributed by atoms with E-state index < -0.39 is 0 Å². The van der Waals surface area contributed by atoms with Crippen LogP contribution < -0.4 is 0 Å². The molecule has 3 heterocycles. The minimum Gasteiger partial charge on any atom is -0.379 e. The van der Waals surface area contributed by atoms with Gasteiger partial charge in [-0.15, -0.1) is 5.10 Å². The predicted octanol–water partition coefficient (Wildman–Crippen LogP) is 2.88. The van der Waals surface area contributed by atoms with Gasteiger partial charge in [-0.05, 0) is 43.2 Å². The normalized spacial score (nSPS) is 18.9. The Bertz CT molecular complexity index is 864. The van der Waals surface area contributed by atoms with Crippen LogP contribution in [0.5, 0.6) is 0 Å². The van der Waals surface area contributed by atoms with Crippen LogP contribution >= 0.6 is 0 Å². The second-order valence-electron chi connectivity index (χ2n) is 8.76. The van der Waals surface area contributed by atoms with Gasteiger partial charge in [0, 0.05) is 32.7 Å². The van der Waals surface area contributed by atoms with Crippen molar-refractivity contribution in [3.05, 3.63) is 41.5 Å². The van der Waals surface area contributed by atoms with Crippen molar-refractivity contribution in [2.45, 2.75) is 39.5 Å². The number of carbonyl (C=O) groups excluding carboxylic acids is 1. The Morgan fingerprint density at radius 2 is 1.83 bits per heavy atom. The molecule has 0 radical (unpaired) electrons. The lowest BCUT2D eigenvalue weighted by atomic mass is 9.96. The van der Waals surface area contributed by atoms with E-state index in [0.717, 1.165) is 70.3 Å². The zero-order chi connectivity index (χ0) is 21.1. The van der Waals surface area contributed by atoms with Gasteiger partial charge in [0.05, 0.1) is 18.9 Å². The van der Waals surface area contributed by atoms with Gasteiger partial charge in [0.15, 0.2) is 0 Å². The molecule has 0 saturated carbocycles. The number of amides is 1. The minimum atomic E-state index is -0.0521. The standard InChI is InChI=1S/C23H33N5O2/c1-17(2)20-6-4-5-7-21(20)28-18(3)24-22(25-28)23(29)27-10-8-19(9-11-27)16-26-12-14-30-15-13-26/h4-7,17,19H,8-16H2,1-3H3. The average molecular weight is 412 g/mol.